The maximum Gasteiger partial charge on any atom is 0.418 e. The van der Waals surface area contributed by atoms with Crippen molar-refractivity contribution in [3.63, 3.8) is 0 Å². The fourth-order valence-corrected chi connectivity index (χ4v) is 1.76. The Bertz CT molecular complexity index is 485. The maximum atomic E-state index is 12.8. The van der Waals surface area contributed by atoms with Crippen molar-refractivity contribution in [2.24, 2.45) is 5.73 Å². The lowest BCUT2D eigenvalue weighted by atomic mass is 9.94. The second kappa shape index (κ2) is 6.80. The summed E-state index contributed by atoms with van der Waals surface area (Å²) in [6.07, 6.45) is -3.21. The van der Waals surface area contributed by atoms with Gasteiger partial charge in [-0.1, -0.05) is 26.0 Å². The molecule has 0 saturated carbocycles. The largest absolute Gasteiger partial charge is 0.418 e. The van der Waals surface area contributed by atoms with E-state index in [0.29, 0.717) is 12.8 Å². The van der Waals surface area contributed by atoms with E-state index < -0.39 is 23.3 Å². The third kappa shape index (κ3) is 4.93. The molecule has 0 aliphatic carbocycles. The van der Waals surface area contributed by atoms with Crippen molar-refractivity contribution in [3.8, 4) is 0 Å². The highest BCUT2D eigenvalue weighted by Gasteiger charge is 2.33. The van der Waals surface area contributed by atoms with Gasteiger partial charge in [0, 0.05) is 12.1 Å². The first-order valence-electron chi connectivity index (χ1n) is 6.72. The van der Waals surface area contributed by atoms with E-state index >= 15 is 0 Å². The first-order chi connectivity index (χ1) is 9.72. The summed E-state index contributed by atoms with van der Waals surface area (Å²) in [5.74, 6) is 0. The van der Waals surface area contributed by atoms with Crippen LogP contribution in [0.5, 0.6) is 0 Å². The van der Waals surface area contributed by atoms with Crippen molar-refractivity contribution in [1.29, 1.82) is 0 Å². The molecule has 0 unspecified atom stereocenters. The molecule has 2 amide bonds. The van der Waals surface area contributed by atoms with Crippen molar-refractivity contribution in [1.82, 2.24) is 5.32 Å². The number of urea groups is 1. The highest BCUT2D eigenvalue weighted by Crippen LogP contribution is 2.34. The van der Waals surface area contributed by atoms with E-state index in [9.17, 15) is 18.0 Å². The van der Waals surface area contributed by atoms with Crippen LogP contribution < -0.4 is 16.4 Å². The van der Waals surface area contributed by atoms with Crippen molar-refractivity contribution in [2.75, 3.05) is 11.9 Å². The van der Waals surface area contributed by atoms with Crippen LogP contribution in [0.1, 0.15) is 32.3 Å². The van der Waals surface area contributed by atoms with Crippen LogP contribution in [0.15, 0.2) is 24.3 Å². The second-order valence-electron chi connectivity index (χ2n) is 4.92. The quantitative estimate of drug-likeness (QED) is 0.781. The van der Waals surface area contributed by atoms with Gasteiger partial charge >= 0.3 is 12.2 Å². The number of benzene rings is 1. The Hall–Kier alpha value is -1.76. The van der Waals surface area contributed by atoms with Crippen LogP contribution in [-0.2, 0) is 6.18 Å². The van der Waals surface area contributed by atoms with Crippen molar-refractivity contribution in [3.05, 3.63) is 29.8 Å². The van der Waals surface area contributed by atoms with Gasteiger partial charge in [-0.2, -0.15) is 13.2 Å². The van der Waals surface area contributed by atoms with E-state index in [4.69, 9.17) is 5.73 Å². The van der Waals surface area contributed by atoms with E-state index in [1.807, 2.05) is 13.8 Å². The summed E-state index contributed by atoms with van der Waals surface area (Å²) in [5.41, 5.74) is 4.30. The average Bonchev–Trinajstić information content (AvgIpc) is 2.44. The van der Waals surface area contributed by atoms with Crippen LogP contribution in [0.3, 0.4) is 0 Å². The van der Waals surface area contributed by atoms with Crippen LogP contribution >= 0.6 is 0 Å². The minimum atomic E-state index is -4.52. The molecule has 4 N–H and O–H groups in total. The van der Waals surface area contributed by atoms with Gasteiger partial charge in [0.2, 0.25) is 0 Å². The molecule has 1 rings (SSSR count). The number of amides is 2. The molecule has 21 heavy (non-hydrogen) atoms. The number of alkyl halides is 3. The lowest BCUT2D eigenvalue weighted by Crippen LogP contribution is -2.50. The monoisotopic (exact) mass is 303 g/mol. The molecule has 0 bridgehead atoms. The lowest BCUT2D eigenvalue weighted by Gasteiger charge is -2.27. The molecular weight excluding hydrogens is 283 g/mol. The van der Waals surface area contributed by atoms with E-state index in [0.717, 1.165) is 6.07 Å². The molecule has 0 radical (unpaired) electrons. The highest BCUT2D eigenvalue weighted by atomic mass is 19.4. The Morgan fingerprint density at radius 3 is 2.29 bits per heavy atom. The van der Waals surface area contributed by atoms with Gasteiger partial charge in [-0.05, 0) is 25.0 Å². The van der Waals surface area contributed by atoms with Gasteiger partial charge in [-0.3, -0.25) is 0 Å². The second-order valence-corrected chi connectivity index (χ2v) is 4.92. The molecule has 0 aliphatic heterocycles. The number of para-hydroxylation sites is 1. The molecule has 0 atom stereocenters. The molecule has 1 aromatic carbocycles. The number of nitrogens with one attached hydrogen (secondary N) is 2. The number of hydrogen-bond acceptors (Lipinski definition) is 2. The van der Waals surface area contributed by atoms with Crippen LogP contribution in [0.4, 0.5) is 23.7 Å². The molecule has 7 heteroatoms. The summed E-state index contributed by atoms with van der Waals surface area (Å²) in [6.45, 7) is 3.98. The zero-order valence-electron chi connectivity index (χ0n) is 12.1. The van der Waals surface area contributed by atoms with E-state index in [2.05, 4.69) is 10.6 Å². The van der Waals surface area contributed by atoms with Crippen molar-refractivity contribution < 1.29 is 18.0 Å². The molecule has 0 aliphatic rings. The number of anilines is 1. The van der Waals surface area contributed by atoms with E-state index in [1.165, 1.54) is 18.2 Å². The Kier molecular flexibility index (Phi) is 5.60. The molecule has 0 aromatic heterocycles. The summed E-state index contributed by atoms with van der Waals surface area (Å²) in [7, 11) is 0. The smallest absolute Gasteiger partial charge is 0.336 e. The number of nitrogens with two attached hydrogens (primary N) is 1. The topological polar surface area (TPSA) is 67.1 Å². The number of carbonyl (C=O) groups excluding carboxylic acids is 1. The molecule has 1 aromatic rings. The summed E-state index contributed by atoms with van der Waals surface area (Å²) in [6, 6.07) is 4.11. The maximum absolute atomic E-state index is 12.8. The molecule has 0 fully saturated rings. The van der Waals surface area contributed by atoms with Gasteiger partial charge in [-0.15, -0.1) is 0 Å². The van der Waals surface area contributed by atoms with Gasteiger partial charge in [0.1, 0.15) is 0 Å². The fourth-order valence-electron chi connectivity index (χ4n) is 1.76. The zero-order valence-corrected chi connectivity index (χ0v) is 12.1. The molecule has 118 valence electrons. The Balaban J connectivity index is 2.72. The predicted molar refractivity (Wildman–Crippen MR) is 76.0 cm³/mol. The van der Waals surface area contributed by atoms with Crippen LogP contribution in [0.25, 0.3) is 0 Å². The van der Waals surface area contributed by atoms with Gasteiger partial charge in [0.15, 0.2) is 0 Å². The zero-order chi connectivity index (χ0) is 16.1. The normalized spacial score (nSPS) is 12.1. The number of carbonyl (C=O) groups is 1. The molecule has 4 nitrogen and oxygen atoms in total. The van der Waals surface area contributed by atoms with Crippen LogP contribution in [0, 0.1) is 0 Å². The highest BCUT2D eigenvalue weighted by molar-refractivity contribution is 5.90. The Labute approximate surface area is 121 Å². The fraction of sp³-hybridized carbons (Fsp3) is 0.500. The summed E-state index contributed by atoms with van der Waals surface area (Å²) < 4.78 is 38.4. The first kappa shape index (κ1) is 17.3. The summed E-state index contributed by atoms with van der Waals surface area (Å²) >= 11 is 0. The van der Waals surface area contributed by atoms with Gasteiger partial charge in [0.05, 0.1) is 11.3 Å². The van der Waals surface area contributed by atoms with E-state index in [1.54, 1.807) is 0 Å². The summed E-state index contributed by atoms with van der Waals surface area (Å²) in [4.78, 5) is 11.7. The lowest BCUT2D eigenvalue weighted by molar-refractivity contribution is -0.136. The standard InChI is InChI=1S/C14H20F3N3O/c1-3-13(18,4-2)9-19-12(21)20-11-8-6-5-7-10(11)14(15,16)17/h5-8H,3-4,9,18H2,1-2H3,(H2,19,20,21). The van der Waals surface area contributed by atoms with Gasteiger partial charge in [-0.25, -0.2) is 4.79 Å². The average molecular weight is 303 g/mol. The molecule has 0 heterocycles. The van der Waals surface area contributed by atoms with E-state index in [-0.39, 0.29) is 12.2 Å². The molecule has 0 saturated heterocycles. The Morgan fingerprint density at radius 2 is 1.76 bits per heavy atom. The number of halogens is 3. The van der Waals surface area contributed by atoms with Crippen molar-refractivity contribution in [2.45, 2.75) is 38.4 Å². The Morgan fingerprint density at radius 1 is 1.19 bits per heavy atom. The predicted octanol–water partition coefficient (Wildman–Crippen LogP) is 3.34. The minimum Gasteiger partial charge on any atom is -0.336 e. The van der Waals surface area contributed by atoms with Gasteiger partial charge in [0.25, 0.3) is 0 Å². The summed E-state index contributed by atoms with van der Waals surface area (Å²) in [5, 5.41) is 4.72. The third-order valence-corrected chi connectivity index (χ3v) is 3.49. The number of rotatable bonds is 5. The molecule has 0 spiro atoms. The third-order valence-electron chi connectivity index (χ3n) is 3.49. The number of hydrogen-bond donors (Lipinski definition) is 3. The van der Waals surface area contributed by atoms with Crippen LogP contribution in [-0.4, -0.2) is 18.1 Å². The van der Waals surface area contributed by atoms with Crippen molar-refractivity contribution >= 4 is 11.7 Å². The van der Waals surface area contributed by atoms with Crippen LogP contribution in [0.2, 0.25) is 0 Å². The SMILES string of the molecule is CCC(N)(CC)CNC(=O)Nc1ccccc1C(F)(F)F. The molecular formula is C14H20F3N3O. The minimum absolute atomic E-state index is 0.194. The first-order valence-corrected chi connectivity index (χ1v) is 6.72. The van der Waals surface area contributed by atoms with Gasteiger partial charge < -0.3 is 16.4 Å².